The lowest BCUT2D eigenvalue weighted by molar-refractivity contribution is 1.90. The Morgan fingerprint density at radius 1 is 1.20 bits per heavy atom. The van der Waals surface area contributed by atoms with Crippen LogP contribution in [0.4, 0.5) is 0 Å². The smallest absolute Gasteiger partial charge is 0.0786 e. The molecule has 1 aliphatic heterocycles. The summed E-state index contributed by atoms with van der Waals surface area (Å²) in [5, 5.41) is 0. The maximum absolute atomic E-state index is 5.03. The van der Waals surface area contributed by atoms with E-state index in [1.807, 2.05) is 6.07 Å². The molecule has 0 radical (unpaired) electrons. The van der Waals surface area contributed by atoms with Gasteiger partial charge in [-0.2, -0.15) is 0 Å². The first-order valence-electron chi connectivity index (χ1n) is 2.85. The number of fused-ring (bicyclic) bond motifs is 1. The fourth-order valence-corrected chi connectivity index (χ4v) is 3.10. The molecule has 0 N–H and O–H groups in total. The van der Waals surface area contributed by atoms with Gasteiger partial charge >= 0.3 is 0 Å². The Bertz CT molecular complexity index is 357. The Balaban J connectivity index is 2.87. The molecule has 0 aromatic carbocycles. The summed E-state index contributed by atoms with van der Waals surface area (Å²) in [5.41, 5.74) is 1.27. The van der Waals surface area contributed by atoms with E-state index in [2.05, 4.69) is 18.2 Å². The fraction of sp³-hybridized carbons (Fsp3) is 0. The average molecular weight is 184 g/mol. The topological polar surface area (TPSA) is 0 Å². The third-order valence-corrected chi connectivity index (χ3v) is 4.22. The molecule has 10 heavy (non-hydrogen) atoms. The van der Waals surface area contributed by atoms with Crippen molar-refractivity contribution in [2.45, 2.75) is 0 Å². The normalized spacial score (nSPS) is 10.4. The molecular weight excluding hydrogens is 180 g/mol. The summed E-state index contributed by atoms with van der Waals surface area (Å²) >= 11 is 5.03. The Morgan fingerprint density at radius 3 is 3.00 bits per heavy atom. The van der Waals surface area contributed by atoms with Crippen molar-refractivity contribution in [2.75, 3.05) is 0 Å². The number of hydrogen-bond donors (Lipinski definition) is 0. The summed E-state index contributed by atoms with van der Waals surface area (Å²) in [5.74, 6) is 0. The minimum absolute atomic E-state index is 0.976. The molecule has 50 valence electrons. The molecule has 0 amide bonds. The van der Waals surface area contributed by atoms with E-state index < -0.39 is 0 Å². The summed E-state index contributed by atoms with van der Waals surface area (Å²) in [6, 6.07) is 8.31. The summed E-state index contributed by atoms with van der Waals surface area (Å²) in [7, 11) is 3.41. The van der Waals surface area contributed by atoms with Crippen LogP contribution in [-0.4, -0.2) is 0 Å². The first kappa shape index (κ1) is 6.46. The molecule has 0 aromatic heterocycles. The highest BCUT2D eigenvalue weighted by atomic mass is 32.9. The predicted octanol–water partition coefficient (Wildman–Crippen LogP) is 3.64. The summed E-state index contributed by atoms with van der Waals surface area (Å²) in [6.45, 7) is 0. The lowest BCUT2D eigenvalue weighted by Crippen LogP contribution is -1.62. The van der Waals surface area contributed by atoms with Gasteiger partial charge in [0.25, 0.3) is 0 Å². The van der Waals surface area contributed by atoms with Gasteiger partial charge in [0.1, 0.15) is 3.82 Å². The lowest BCUT2D eigenvalue weighted by Gasteiger charge is -1.91. The molecule has 0 spiro atoms. The molecule has 0 unspecified atom stereocenters. The average Bonchev–Trinajstić information content (AvgIpc) is 2.33. The minimum Gasteiger partial charge on any atom is -0.0786 e. The van der Waals surface area contributed by atoms with Gasteiger partial charge in [0, 0.05) is 4.88 Å². The highest BCUT2D eigenvalue weighted by Crippen LogP contribution is 2.30. The van der Waals surface area contributed by atoms with Gasteiger partial charge in [0.2, 0.25) is 0 Å². The van der Waals surface area contributed by atoms with Crippen molar-refractivity contribution in [1.82, 2.24) is 0 Å². The van der Waals surface area contributed by atoms with Crippen molar-refractivity contribution >= 4 is 32.9 Å². The van der Waals surface area contributed by atoms with E-state index in [0.29, 0.717) is 0 Å². The van der Waals surface area contributed by atoms with E-state index in [-0.39, 0.29) is 0 Å². The van der Waals surface area contributed by atoms with Crippen LogP contribution < -0.4 is 0 Å². The monoisotopic (exact) mass is 184 g/mol. The molecule has 0 aromatic rings. The minimum atomic E-state index is 0.976. The quantitative estimate of drug-likeness (QED) is 0.445. The zero-order chi connectivity index (χ0) is 6.97. The number of hydrogen-bond acceptors (Lipinski definition) is 3. The second-order valence-electron chi connectivity index (χ2n) is 1.98. The molecule has 2 aliphatic rings. The summed E-state index contributed by atoms with van der Waals surface area (Å²) < 4.78 is 0.976. The van der Waals surface area contributed by atoms with Gasteiger partial charge in [-0.3, -0.25) is 0 Å². The van der Waals surface area contributed by atoms with Crippen LogP contribution in [0, 0.1) is 3.82 Å². The Kier molecular flexibility index (Phi) is 1.56. The molecule has 0 nitrogen and oxygen atoms in total. The van der Waals surface area contributed by atoms with Crippen molar-refractivity contribution in [3.05, 3.63) is 28.1 Å². The maximum Gasteiger partial charge on any atom is 0.101 e. The molecule has 0 fully saturated rings. The third-order valence-electron chi connectivity index (χ3n) is 1.29. The van der Waals surface area contributed by atoms with Crippen LogP contribution in [0.5, 0.6) is 0 Å². The summed E-state index contributed by atoms with van der Waals surface area (Å²) in [6.07, 6.45) is 0. The van der Waals surface area contributed by atoms with Crippen molar-refractivity contribution < 1.29 is 0 Å². The third kappa shape index (κ3) is 1.00. The first-order chi connectivity index (χ1) is 4.86. The van der Waals surface area contributed by atoms with Gasteiger partial charge in [0.05, 0.1) is 0 Å². The van der Waals surface area contributed by atoms with Crippen LogP contribution in [-0.2, 0) is 0 Å². The van der Waals surface area contributed by atoms with Gasteiger partial charge in [-0.15, -0.1) is 0 Å². The molecule has 0 bridgehead atoms. The SMILES string of the molecule is S=c1cc2cccc-2ss1. The van der Waals surface area contributed by atoms with Gasteiger partial charge in [0.15, 0.2) is 0 Å². The van der Waals surface area contributed by atoms with Gasteiger partial charge in [-0.25, -0.2) is 0 Å². The van der Waals surface area contributed by atoms with E-state index in [1.165, 1.54) is 10.4 Å². The van der Waals surface area contributed by atoms with E-state index in [1.54, 1.807) is 20.7 Å². The highest BCUT2D eigenvalue weighted by molar-refractivity contribution is 7.79. The molecule has 0 saturated heterocycles. The van der Waals surface area contributed by atoms with Gasteiger partial charge < -0.3 is 0 Å². The van der Waals surface area contributed by atoms with E-state index in [9.17, 15) is 0 Å². The van der Waals surface area contributed by atoms with Crippen LogP contribution in [0.25, 0.3) is 10.4 Å². The van der Waals surface area contributed by atoms with E-state index in [0.717, 1.165) is 3.82 Å². The zero-order valence-corrected chi connectivity index (χ0v) is 7.48. The summed E-state index contributed by atoms with van der Waals surface area (Å²) in [4.78, 5) is 1.33. The van der Waals surface area contributed by atoms with Crippen LogP contribution in [0.2, 0.25) is 0 Å². The van der Waals surface area contributed by atoms with Crippen molar-refractivity contribution in [3.8, 4) is 10.4 Å². The van der Waals surface area contributed by atoms with Gasteiger partial charge in [-0.1, -0.05) is 45.0 Å². The predicted molar refractivity (Wildman–Crippen MR) is 49.7 cm³/mol. The fourth-order valence-electron chi connectivity index (χ4n) is 0.850. The highest BCUT2D eigenvalue weighted by Gasteiger charge is 1.99. The van der Waals surface area contributed by atoms with Crippen LogP contribution in [0.3, 0.4) is 0 Å². The molecule has 0 saturated carbocycles. The van der Waals surface area contributed by atoms with Crippen molar-refractivity contribution in [3.63, 3.8) is 0 Å². The molecule has 3 heteroatoms. The number of rotatable bonds is 0. The Morgan fingerprint density at radius 2 is 2.10 bits per heavy atom. The zero-order valence-electron chi connectivity index (χ0n) is 5.03. The molecular formula is C7H4S3. The van der Waals surface area contributed by atoms with Crippen LogP contribution in [0.1, 0.15) is 0 Å². The second-order valence-corrected chi connectivity index (χ2v) is 4.89. The first-order valence-corrected chi connectivity index (χ1v) is 5.41. The molecule has 1 heterocycles. The second kappa shape index (κ2) is 2.42. The molecule has 1 aliphatic carbocycles. The largest absolute Gasteiger partial charge is 0.101 e. The van der Waals surface area contributed by atoms with E-state index in [4.69, 9.17) is 12.2 Å². The van der Waals surface area contributed by atoms with E-state index >= 15 is 0 Å². The molecule has 2 rings (SSSR count). The molecule has 0 atom stereocenters. The standard InChI is InChI=1S/C7H4S3/c8-7-4-5-2-1-3-6(5)9-10-7/h1-4H. The van der Waals surface area contributed by atoms with Gasteiger partial charge in [-0.05, 0) is 17.7 Å². The Hall–Kier alpha value is -0.250. The lowest BCUT2D eigenvalue weighted by atomic mass is 10.3. The van der Waals surface area contributed by atoms with Crippen molar-refractivity contribution in [1.29, 1.82) is 0 Å². The van der Waals surface area contributed by atoms with Crippen LogP contribution in [0.15, 0.2) is 24.3 Å². The Labute approximate surface area is 71.5 Å². The van der Waals surface area contributed by atoms with Crippen LogP contribution >= 0.6 is 32.9 Å². The van der Waals surface area contributed by atoms with Crippen molar-refractivity contribution in [2.24, 2.45) is 0 Å². The maximum atomic E-state index is 5.03.